The molecule has 156 valence electrons. The lowest BCUT2D eigenvalue weighted by molar-refractivity contribution is 0.0951. The van der Waals surface area contributed by atoms with E-state index in [9.17, 15) is 13.2 Å². The molecule has 0 saturated carbocycles. The first-order valence-corrected chi connectivity index (χ1v) is 11.4. The van der Waals surface area contributed by atoms with Gasteiger partial charge in [0.1, 0.15) is 0 Å². The van der Waals surface area contributed by atoms with Crippen molar-refractivity contribution in [2.75, 3.05) is 33.2 Å². The third-order valence-electron chi connectivity index (χ3n) is 5.32. The van der Waals surface area contributed by atoms with E-state index in [0.29, 0.717) is 36.0 Å². The Balaban J connectivity index is 1.59. The Labute approximate surface area is 173 Å². The highest BCUT2D eigenvalue weighted by Crippen LogP contribution is 2.18. The lowest BCUT2D eigenvalue weighted by atomic mass is 10.0. The number of hydrogen-bond acceptors (Lipinski definition) is 4. The predicted octanol–water partition coefficient (Wildman–Crippen LogP) is 2.68. The number of nitrogens with one attached hydrogen (secondary N) is 1. The molecule has 1 saturated heterocycles. The average molecular weight is 416 g/mol. The van der Waals surface area contributed by atoms with Gasteiger partial charge in [-0.3, -0.25) is 4.79 Å². The molecule has 1 amide bonds. The van der Waals surface area contributed by atoms with Gasteiger partial charge in [0.2, 0.25) is 10.0 Å². The van der Waals surface area contributed by atoms with E-state index in [-0.39, 0.29) is 5.91 Å². The number of amides is 1. The minimum Gasteiger partial charge on any atom is -0.348 e. The van der Waals surface area contributed by atoms with E-state index in [2.05, 4.69) is 24.1 Å². The van der Waals surface area contributed by atoms with Crippen molar-refractivity contribution in [3.05, 3.63) is 65.2 Å². The molecule has 1 aliphatic heterocycles. The summed E-state index contributed by atoms with van der Waals surface area (Å²) < 4.78 is 27.1. The maximum Gasteiger partial charge on any atom is 0.251 e. The van der Waals surface area contributed by atoms with Gasteiger partial charge in [-0.15, -0.1) is 0 Å². The van der Waals surface area contributed by atoms with Crippen LogP contribution in [0.25, 0.3) is 0 Å². The van der Waals surface area contributed by atoms with E-state index in [0.717, 1.165) is 18.7 Å². The number of carbonyl (C=O) groups excluding carboxylic acids is 1. The Morgan fingerprint density at radius 1 is 0.966 bits per heavy atom. The molecule has 1 fully saturated rings. The van der Waals surface area contributed by atoms with E-state index >= 15 is 0 Å². The normalized spacial score (nSPS) is 16.1. The maximum atomic E-state index is 12.8. The summed E-state index contributed by atoms with van der Waals surface area (Å²) in [5.41, 5.74) is 2.66. The quantitative estimate of drug-likeness (QED) is 0.788. The highest BCUT2D eigenvalue weighted by atomic mass is 32.2. The number of rotatable bonds is 6. The van der Waals surface area contributed by atoms with Crippen LogP contribution in [0, 0.1) is 0 Å². The van der Waals surface area contributed by atoms with Crippen molar-refractivity contribution < 1.29 is 13.2 Å². The van der Waals surface area contributed by atoms with Gasteiger partial charge in [0.05, 0.1) is 4.90 Å². The summed E-state index contributed by atoms with van der Waals surface area (Å²) in [4.78, 5) is 14.8. The minimum absolute atomic E-state index is 0.144. The monoisotopic (exact) mass is 415 g/mol. The molecule has 0 atom stereocenters. The third-order valence-corrected chi connectivity index (χ3v) is 7.23. The number of benzene rings is 2. The van der Waals surface area contributed by atoms with Gasteiger partial charge in [0.15, 0.2) is 0 Å². The Hall–Kier alpha value is -2.22. The highest BCUT2D eigenvalue weighted by Gasteiger charge is 2.27. The first kappa shape index (κ1) is 21.5. The molecule has 29 heavy (non-hydrogen) atoms. The minimum atomic E-state index is -3.47. The molecule has 0 bridgehead atoms. The fourth-order valence-electron chi connectivity index (χ4n) is 3.26. The second-order valence-electron chi connectivity index (χ2n) is 7.81. The first-order chi connectivity index (χ1) is 13.8. The SMILES string of the molecule is CC(C)c1ccc(C(=O)NCc2ccc(S(=O)(=O)N3CCN(C)CC3)cc2)cc1. The average Bonchev–Trinajstić information content (AvgIpc) is 2.72. The van der Waals surface area contributed by atoms with Gasteiger partial charge < -0.3 is 10.2 Å². The van der Waals surface area contributed by atoms with Crippen molar-refractivity contribution in [2.45, 2.75) is 31.2 Å². The van der Waals surface area contributed by atoms with E-state index in [1.54, 1.807) is 24.3 Å². The second-order valence-corrected chi connectivity index (χ2v) is 9.75. The zero-order chi connectivity index (χ0) is 21.0. The predicted molar refractivity (Wildman–Crippen MR) is 114 cm³/mol. The summed E-state index contributed by atoms with van der Waals surface area (Å²) in [7, 11) is -1.48. The van der Waals surface area contributed by atoms with Crippen LogP contribution in [-0.2, 0) is 16.6 Å². The van der Waals surface area contributed by atoms with Crippen molar-refractivity contribution in [1.29, 1.82) is 0 Å². The van der Waals surface area contributed by atoms with Crippen LogP contribution in [0.4, 0.5) is 0 Å². The van der Waals surface area contributed by atoms with Gasteiger partial charge in [-0.05, 0) is 48.4 Å². The molecule has 1 N–H and O–H groups in total. The second kappa shape index (κ2) is 9.07. The Bertz CT molecular complexity index is 930. The standard InChI is InChI=1S/C22H29N3O3S/c1-17(2)19-6-8-20(9-7-19)22(26)23-16-18-4-10-21(11-5-18)29(27,28)25-14-12-24(3)13-15-25/h4-11,17H,12-16H2,1-3H3,(H,23,26). The largest absolute Gasteiger partial charge is 0.348 e. The summed E-state index contributed by atoms with van der Waals surface area (Å²) in [6.45, 7) is 7.06. The number of carbonyl (C=O) groups is 1. The molecule has 0 spiro atoms. The summed E-state index contributed by atoms with van der Waals surface area (Å²) in [6, 6.07) is 14.3. The smallest absolute Gasteiger partial charge is 0.251 e. The Kier molecular flexibility index (Phi) is 6.72. The van der Waals surface area contributed by atoms with Crippen molar-refractivity contribution in [1.82, 2.24) is 14.5 Å². The maximum absolute atomic E-state index is 12.8. The van der Waals surface area contributed by atoms with E-state index in [1.165, 1.54) is 9.87 Å². The summed E-state index contributed by atoms with van der Waals surface area (Å²) in [6.07, 6.45) is 0. The fourth-order valence-corrected chi connectivity index (χ4v) is 4.68. The van der Waals surface area contributed by atoms with Gasteiger partial charge >= 0.3 is 0 Å². The molecule has 6 nitrogen and oxygen atoms in total. The zero-order valence-electron chi connectivity index (χ0n) is 17.3. The van der Waals surface area contributed by atoms with Gasteiger partial charge in [-0.25, -0.2) is 8.42 Å². The molecule has 0 unspecified atom stereocenters. The molecule has 3 rings (SSSR count). The molecule has 2 aromatic rings. The van der Waals surface area contributed by atoms with Crippen molar-refractivity contribution in [3.8, 4) is 0 Å². The number of sulfonamides is 1. The van der Waals surface area contributed by atoms with Crippen LogP contribution < -0.4 is 5.32 Å². The van der Waals surface area contributed by atoms with Gasteiger partial charge in [0, 0.05) is 38.3 Å². The first-order valence-electron chi connectivity index (χ1n) is 9.93. The van der Waals surface area contributed by atoms with Crippen molar-refractivity contribution in [3.63, 3.8) is 0 Å². The highest BCUT2D eigenvalue weighted by molar-refractivity contribution is 7.89. The van der Waals surface area contributed by atoms with Crippen LogP contribution in [-0.4, -0.2) is 56.8 Å². The Morgan fingerprint density at radius 2 is 1.55 bits per heavy atom. The van der Waals surface area contributed by atoms with Crippen LogP contribution in [0.5, 0.6) is 0 Å². The zero-order valence-corrected chi connectivity index (χ0v) is 18.1. The fraction of sp³-hybridized carbons (Fsp3) is 0.409. The molecule has 1 aliphatic rings. The summed E-state index contributed by atoms with van der Waals surface area (Å²) >= 11 is 0. The topological polar surface area (TPSA) is 69.7 Å². The molecule has 2 aromatic carbocycles. The van der Waals surface area contributed by atoms with Gasteiger partial charge in [-0.1, -0.05) is 38.1 Å². The van der Waals surface area contributed by atoms with E-state index < -0.39 is 10.0 Å². The summed E-state index contributed by atoms with van der Waals surface area (Å²) in [5, 5.41) is 2.89. The van der Waals surface area contributed by atoms with Gasteiger partial charge in [-0.2, -0.15) is 4.31 Å². The third kappa shape index (κ3) is 5.23. The molecule has 1 heterocycles. The van der Waals surface area contributed by atoms with Crippen molar-refractivity contribution in [2.24, 2.45) is 0 Å². The summed E-state index contributed by atoms with van der Waals surface area (Å²) in [5.74, 6) is 0.280. The molecule has 0 aliphatic carbocycles. The lowest BCUT2D eigenvalue weighted by Crippen LogP contribution is -2.47. The van der Waals surface area contributed by atoms with Crippen LogP contribution >= 0.6 is 0 Å². The molecule has 7 heteroatoms. The van der Waals surface area contributed by atoms with Crippen LogP contribution in [0.15, 0.2) is 53.4 Å². The number of nitrogens with zero attached hydrogens (tertiary/aromatic N) is 2. The Morgan fingerprint density at radius 3 is 2.10 bits per heavy atom. The van der Waals surface area contributed by atoms with E-state index in [1.807, 2.05) is 31.3 Å². The molecule has 0 radical (unpaired) electrons. The van der Waals surface area contributed by atoms with Gasteiger partial charge in [0.25, 0.3) is 5.91 Å². The molecule has 0 aromatic heterocycles. The van der Waals surface area contributed by atoms with E-state index in [4.69, 9.17) is 0 Å². The van der Waals surface area contributed by atoms with Crippen LogP contribution in [0.3, 0.4) is 0 Å². The van der Waals surface area contributed by atoms with Crippen LogP contribution in [0.2, 0.25) is 0 Å². The number of piperazine rings is 1. The molecular weight excluding hydrogens is 386 g/mol. The molecular formula is C22H29N3O3S. The van der Waals surface area contributed by atoms with Crippen LogP contribution in [0.1, 0.15) is 41.3 Å². The van der Waals surface area contributed by atoms with Crippen molar-refractivity contribution >= 4 is 15.9 Å². The number of hydrogen-bond donors (Lipinski definition) is 1. The number of likely N-dealkylation sites (N-methyl/N-ethyl adjacent to an activating group) is 1. The lowest BCUT2D eigenvalue weighted by Gasteiger charge is -2.31.